The van der Waals surface area contributed by atoms with Crippen LogP contribution in [0.4, 0.5) is 5.69 Å². The maximum atomic E-state index is 12.1. The lowest BCUT2D eigenvalue weighted by Crippen LogP contribution is -2.10. The van der Waals surface area contributed by atoms with Crippen molar-refractivity contribution in [2.24, 2.45) is 7.05 Å². The van der Waals surface area contributed by atoms with E-state index in [-0.39, 0.29) is 5.91 Å². The Morgan fingerprint density at radius 3 is 2.77 bits per heavy atom. The van der Waals surface area contributed by atoms with Gasteiger partial charge in [-0.3, -0.25) is 4.79 Å². The smallest absolute Gasteiger partial charge is 0.256 e. The van der Waals surface area contributed by atoms with E-state index in [2.05, 4.69) is 36.3 Å². The quantitative estimate of drug-likeness (QED) is 0.524. The van der Waals surface area contributed by atoms with Crippen molar-refractivity contribution in [3.63, 3.8) is 0 Å². The molecule has 0 saturated heterocycles. The number of anilines is 1. The number of amides is 1. The zero-order chi connectivity index (χ0) is 18.1. The summed E-state index contributed by atoms with van der Waals surface area (Å²) in [4.78, 5) is 20.5. The molecule has 0 saturated carbocycles. The molecule has 26 heavy (non-hydrogen) atoms. The normalized spacial score (nSPS) is 10.8. The third-order valence-corrected chi connectivity index (χ3v) is 4.89. The molecule has 4 rings (SSSR count). The van der Waals surface area contributed by atoms with E-state index in [1.54, 1.807) is 47.4 Å². The first-order valence-corrected chi connectivity index (χ1v) is 9.30. The Morgan fingerprint density at radius 2 is 2.04 bits per heavy atom. The van der Waals surface area contributed by atoms with Crippen LogP contribution in [-0.4, -0.2) is 25.7 Å². The first-order valence-electron chi connectivity index (χ1n) is 7.56. The summed E-state index contributed by atoms with van der Waals surface area (Å²) < 4.78 is 8.14. The zero-order valence-corrected chi connectivity index (χ0v) is 15.9. The molecule has 3 aromatic heterocycles. The largest absolute Gasteiger partial charge is 0.438 e. The summed E-state index contributed by atoms with van der Waals surface area (Å²) in [6.45, 7) is 0. The van der Waals surface area contributed by atoms with Crippen molar-refractivity contribution < 1.29 is 9.53 Å². The maximum absolute atomic E-state index is 12.1. The van der Waals surface area contributed by atoms with Crippen molar-refractivity contribution in [2.75, 3.05) is 5.32 Å². The predicted octanol–water partition coefficient (Wildman–Crippen LogP) is 4.23. The molecule has 3 heterocycles. The second-order valence-corrected chi connectivity index (χ2v) is 6.92. The lowest BCUT2D eigenvalue weighted by atomic mass is 10.2. The van der Waals surface area contributed by atoms with E-state index in [0.29, 0.717) is 38.5 Å². The predicted molar refractivity (Wildman–Crippen MR) is 103 cm³/mol. The van der Waals surface area contributed by atoms with Crippen LogP contribution in [-0.2, 0) is 7.05 Å². The highest BCUT2D eigenvalue weighted by molar-refractivity contribution is 9.10. The van der Waals surface area contributed by atoms with Crippen molar-refractivity contribution in [3.8, 4) is 11.6 Å². The van der Waals surface area contributed by atoms with Crippen LogP contribution in [0.2, 0.25) is 0 Å². The summed E-state index contributed by atoms with van der Waals surface area (Å²) in [5.41, 5.74) is 1.99. The van der Waals surface area contributed by atoms with Crippen LogP contribution >= 0.6 is 27.3 Å². The van der Waals surface area contributed by atoms with Gasteiger partial charge in [0.1, 0.15) is 22.1 Å². The molecule has 4 aromatic rings. The second kappa shape index (κ2) is 6.85. The Balaban J connectivity index is 1.54. The number of halogens is 1. The van der Waals surface area contributed by atoms with Crippen LogP contribution in [0.3, 0.4) is 0 Å². The van der Waals surface area contributed by atoms with Crippen molar-refractivity contribution in [1.29, 1.82) is 0 Å². The van der Waals surface area contributed by atoms with Crippen LogP contribution < -0.4 is 10.1 Å². The Labute approximate surface area is 160 Å². The molecule has 0 bridgehead atoms. The zero-order valence-electron chi connectivity index (χ0n) is 13.5. The summed E-state index contributed by atoms with van der Waals surface area (Å²) in [6, 6.07) is 8.86. The number of aromatic nitrogens is 4. The average Bonchev–Trinajstić information content (AvgIpc) is 3.26. The van der Waals surface area contributed by atoms with E-state index in [9.17, 15) is 4.79 Å². The molecule has 7 nitrogen and oxygen atoms in total. The fraction of sp³-hybridized carbons (Fsp3) is 0.0588. The molecule has 9 heteroatoms. The van der Waals surface area contributed by atoms with Gasteiger partial charge in [-0.2, -0.15) is 16.4 Å². The van der Waals surface area contributed by atoms with Crippen molar-refractivity contribution in [1.82, 2.24) is 19.7 Å². The van der Waals surface area contributed by atoms with Gasteiger partial charge in [0.05, 0.1) is 5.56 Å². The summed E-state index contributed by atoms with van der Waals surface area (Å²) >= 11 is 4.88. The molecule has 0 atom stereocenters. The highest BCUT2D eigenvalue weighted by Gasteiger charge is 2.15. The molecule has 0 aliphatic rings. The van der Waals surface area contributed by atoms with Crippen molar-refractivity contribution in [2.45, 2.75) is 0 Å². The van der Waals surface area contributed by atoms with Crippen LogP contribution in [0.1, 0.15) is 10.4 Å². The molecule has 0 unspecified atom stereocenters. The summed E-state index contributed by atoms with van der Waals surface area (Å²) in [5.74, 6) is 0.857. The number of fused-ring (bicyclic) bond motifs is 1. The number of nitrogens with one attached hydrogen (secondary N) is 1. The minimum atomic E-state index is -0.142. The molecular weight excluding hydrogens is 418 g/mol. The lowest BCUT2D eigenvalue weighted by Gasteiger charge is -2.08. The van der Waals surface area contributed by atoms with Gasteiger partial charge in [-0.05, 0) is 51.6 Å². The molecule has 1 N–H and O–H groups in total. The van der Waals surface area contributed by atoms with Gasteiger partial charge in [0.2, 0.25) is 5.88 Å². The van der Waals surface area contributed by atoms with Gasteiger partial charge in [0.15, 0.2) is 5.65 Å². The third kappa shape index (κ3) is 3.18. The topological polar surface area (TPSA) is 81.9 Å². The van der Waals surface area contributed by atoms with Gasteiger partial charge in [0.25, 0.3) is 5.91 Å². The van der Waals surface area contributed by atoms with E-state index < -0.39 is 0 Å². The monoisotopic (exact) mass is 429 g/mol. The highest BCUT2D eigenvalue weighted by atomic mass is 79.9. The van der Waals surface area contributed by atoms with Crippen LogP contribution in [0.25, 0.3) is 11.0 Å². The standard InChI is InChI=1S/C17H12BrN5O2S/c1-23-15-13(14(18)22-23)17(20-9-19-15)25-12-4-2-11(3-5-12)21-16(24)10-6-7-26-8-10/h2-9H,1H3,(H,21,24). The molecular formula is C17H12BrN5O2S. The molecule has 0 spiro atoms. The minimum Gasteiger partial charge on any atom is -0.438 e. The molecule has 0 radical (unpaired) electrons. The summed E-state index contributed by atoms with van der Waals surface area (Å²) in [7, 11) is 1.80. The van der Waals surface area contributed by atoms with Gasteiger partial charge in [-0.15, -0.1) is 0 Å². The van der Waals surface area contributed by atoms with Crippen LogP contribution in [0, 0.1) is 0 Å². The fourth-order valence-electron chi connectivity index (χ4n) is 2.41. The van der Waals surface area contributed by atoms with E-state index >= 15 is 0 Å². The molecule has 0 fully saturated rings. The first kappa shape index (κ1) is 16.7. The highest BCUT2D eigenvalue weighted by Crippen LogP contribution is 2.32. The van der Waals surface area contributed by atoms with E-state index in [1.165, 1.54) is 17.7 Å². The Bertz CT molecular complexity index is 1080. The number of carbonyl (C=O) groups excluding carboxylic acids is 1. The van der Waals surface area contributed by atoms with Crippen molar-refractivity contribution in [3.05, 3.63) is 57.6 Å². The number of ether oxygens (including phenoxy) is 1. The summed E-state index contributed by atoms with van der Waals surface area (Å²) in [6.07, 6.45) is 1.43. The number of aryl methyl sites for hydroxylation is 1. The molecule has 0 aliphatic carbocycles. The average molecular weight is 430 g/mol. The Kier molecular flexibility index (Phi) is 4.39. The Morgan fingerprint density at radius 1 is 1.23 bits per heavy atom. The molecule has 1 amide bonds. The molecule has 130 valence electrons. The third-order valence-electron chi connectivity index (χ3n) is 3.65. The number of thiophene rings is 1. The number of benzene rings is 1. The maximum Gasteiger partial charge on any atom is 0.256 e. The minimum absolute atomic E-state index is 0.142. The number of hydrogen-bond acceptors (Lipinski definition) is 6. The first-order chi connectivity index (χ1) is 12.6. The van der Waals surface area contributed by atoms with Crippen LogP contribution in [0.5, 0.6) is 11.6 Å². The van der Waals surface area contributed by atoms with Gasteiger partial charge in [0, 0.05) is 18.1 Å². The second-order valence-electron chi connectivity index (χ2n) is 5.38. The number of rotatable bonds is 4. The number of nitrogens with zero attached hydrogens (tertiary/aromatic N) is 4. The van der Waals surface area contributed by atoms with Gasteiger partial charge in [-0.25, -0.2) is 14.6 Å². The Hall–Kier alpha value is -2.78. The lowest BCUT2D eigenvalue weighted by molar-refractivity contribution is 0.102. The summed E-state index contributed by atoms with van der Waals surface area (Å²) in [5, 5.41) is 11.5. The van der Waals surface area contributed by atoms with Crippen LogP contribution in [0.15, 0.2) is 52.0 Å². The number of carbonyl (C=O) groups is 1. The van der Waals surface area contributed by atoms with Gasteiger partial charge >= 0.3 is 0 Å². The number of hydrogen-bond donors (Lipinski definition) is 1. The van der Waals surface area contributed by atoms with Gasteiger partial charge < -0.3 is 10.1 Å². The SMILES string of the molecule is Cn1nc(Br)c2c(Oc3ccc(NC(=O)c4ccsc4)cc3)ncnc21. The molecule has 1 aromatic carbocycles. The van der Waals surface area contributed by atoms with E-state index in [0.717, 1.165) is 0 Å². The van der Waals surface area contributed by atoms with E-state index in [4.69, 9.17) is 4.74 Å². The van der Waals surface area contributed by atoms with Gasteiger partial charge in [-0.1, -0.05) is 0 Å². The fourth-order valence-corrected chi connectivity index (χ4v) is 3.63. The molecule has 0 aliphatic heterocycles. The van der Waals surface area contributed by atoms with E-state index in [1.807, 2.05) is 5.38 Å². The van der Waals surface area contributed by atoms with Crippen molar-refractivity contribution >= 4 is 49.9 Å².